The molecule has 0 radical (unpaired) electrons. The van der Waals surface area contributed by atoms with E-state index in [0.29, 0.717) is 5.56 Å². The Balaban J connectivity index is 1.93. The zero-order valence-corrected chi connectivity index (χ0v) is 14.1. The third-order valence-electron chi connectivity index (χ3n) is 3.78. The van der Waals surface area contributed by atoms with E-state index in [-0.39, 0.29) is 17.8 Å². The molecule has 0 bridgehead atoms. The second-order valence-electron chi connectivity index (χ2n) is 5.67. The van der Waals surface area contributed by atoms with E-state index < -0.39 is 29.6 Å². The third kappa shape index (κ3) is 3.98. The van der Waals surface area contributed by atoms with Gasteiger partial charge in [-0.2, -0.15) is 0 Å². The second-order valence-corrected chi connectivity index (χ2v) is 5.67. The number of imidazole rings is 1. The van der Waals surface area contributed by atoms with Crippen molar-refractivity contribution in [2.75, 3.05) is 0 Å². The lowest BCUT2D eigenvalue weighted by molar-refractivity contribution is -0.274. The molecule has 146 valence electrons. The molecule has 1 aromatic carbocycles. The van der Waals surface area contributed by atoms with Gasteiger partial charge in [-0.1, -0.05) is 0 Å². The summed E-state index contributed by atoms with van der Waals surface area (Å²) in [6, 6.07) is 5.91. The van der Waals surface area contributed by atoms with Crippen LogP contribution < -0.4 is 16.2 Å². The van der Waals surface area contributed by atoms with E-state index in [0.717, 1.165) is 27.5 Å². The lowest BCUT2D eigenvalue weighted by atomic mass is 10.1. The molecular formula is C17H13F3N4O4. The van der Waals surface area contributed by atoms with Crippen molar-refractivity contribution in [3.63, 3.8) is 0 Å². The number of alkyl halides is 3. The fraction of sp³-hybridized carbons (Fsp3) is 0.118. The van der Waals surface area contributed by atoms with Crippen LogP contribution in [-0.4, -0.2) is 31.5 Å². The Morgan fingerprint density at radius 3 is 2.50 bits per heavy atom. The predicted molar refractivity (Wildman–Crippen MR) is 90.2 cm³/mol. The second kappa shape index (κ2) is 7.10. The van der Waals surface area contributed by atoms with Gasteiger partial charge in [0, 0.05) is 12.4 Å². The Bertz CT molecular complexity index is 1070. The molecule has 28 heavy (non-hydrogen) atoms. The minimum absolute atomic E-state index is 0.0740. The molecule has 2 aromatic heterocycles. The molecule has 0 spiro atoms. The molecule has 0 aliphatic heterocycles. The van der Waals surface area contributed by atoms with Crippen molar-refractivity contribution in [2.45, 2.75) is 12.9 Å². The van der Waals surface area contributed by atoms with Gasteiger partial charge in [0.05, 0.1) is 24.0 Å². The number of nitrogens with two attached hydrogens (primary N) is 1. The predicted octanol–water partition coefficient (Wildman–Crippen LogP) is 1.79. The third-order valence-corrected chi connectivity index (χ3v) is 3.78. The summed E-state index contributed by atoms with van der Waals surface area (Å²) in [5, 5.41) is 10.1. The zero-order valence-electron chi connectivity index (χ0n) is 14.1. The van der Waals surface area contributed by atoms with Crippen molar-refractivity contribution >= 4 is 5.91 Å². The first-order chi connectivity index (χ1) is 13.2. The minimum atomic E-state index is -4.84. The number of aromatic nitrogens is 3. The van der Waals surface area contributed by atoms with Crippen molar-refractivity contribution in [2.24, 2.45) is 5.73 Å². The van der Waals surface area contributed by atoms with E-state index in [1.165, 1.54) is 30.6 Å². The quantitative estimate of drug-likeness (QED) is 0.685. The van der Waals surface area contributed by atoms with E-state index in [2.05, 4.69) is 9.72 Å². The standard InChI is InChI=1S/C17H13F3N4O4/c18-17(19,20)28-12-3-1-11(2-4-12)24-14(25)9-23(16(24)27)8-10-5-6-22-7-13(10)15(21)26/h1-7,9,25H,8H2,(H2,21,26). The van der Waals surface area contributed by atoms with Crippen molar-refractivity contribution in [3.05, 3.63) is 70.5 Å². The maximum Gasteiger partial charge on any atom is 0.573 e. The fourth-order valence-corrected chi connectivity index (χ4v) is 2.60. The number of aromatic hydroxyl groups is 1. The number of rotatable bonds is 5. The fourth-order valence-electron chi connectivity index (χ4n) is 2.60. The van der Waals surface area contributed by atoms with Crippen molar-refractivity contribution in [1.82, 2.24) is 14.1 Å². The van der Waals surface area contributed by atoms with Crippen LogP contribution in [0.15, 0.2) is 53.7 Å². The van der Waals surface area contributed by atoms with Crippen LogP contribution in [0.1, 0.15) is 15.9 Å². The van der Waals surface area contributed by atoms with Crippen molar-refractivity contribution in [1.29, 1.82) is 0 Å². The SMILES string of the molecule is NC(=O)c1cnccc1Cn1cc(O)n(-c2ccc(OC(F)(F)F)cc2)c1=O. The number of nitrogens with zero attached hydrogens (tertiary/aromatic N) is 3. The highest BCUT2D eigenvalue weighted by atomic mass is 19.4. The Labute approximate surface area is 155 Å². The van der Waals surface area contributed by atoms with Gasteiger partial charge in [0.15, 0.2) is 0 Å². The van der Waals surface area contributed by atoms with Gasteiger partial charge in [-0.25, -0.2) is 9.36 Å². The number of hydrogen-bond donors (Lipinski definition) is 2. The van der Waals surface area contributed by atoms with Crippen LogP contribution in [0, 0.1) is 0 Å². The van der Waals surface area contributed by atoms with Crippen LogP contribution >= 0.6 is 0 Å². The lowest BCUT2D eigenvalue weighted by Gasteiger charge is -2.09. The highest BCUT2D eigenvalue weighted by Crippen LogP contribution is 2.24. The number of carbonyl (C=O) groups excluding carboxylic acids is 1. The highest BCUT2D eigenvalue weighted by molar-refractivity contribution is 5.93. The summed E-state index contributed by atoms with van der Waals surface area (Å²) in [4.78, 5) is 27.9. The van der Waals surface area contributed by atoms with Crippen LogP contribution in [-0.2, 0) is 6.54 Å². The van der Waals surface area contributed by atoms with Gasteiger partial charge >= 0.3 is 12.1 Å². The van der Waals surface area contributed by atoms with E-state index >= 15 is 0 Å². The maximum absolute atomic E-state index is 12.6. The van der Waals surface area contributed by atoms with Gasteiger partial charge < -0.3 is 15.6 Å². The molecule has 11 heteroatoms. The molecule has 0 aliphatic carbocycles. The monoisotopic (exact) mass is 394 g/mol. The van der Waals surface area contributed by atoms with Gasteiger partial charge in [-0.05, 0) is 35.9 Å². The van der Waals surface area contributed by atoms with Crippen LogP contribution in [0.5, 0.6) is 11.6 Å². The molecule has 0 unspecified atom stereocenters. The molecule has 3 N–H and O–H groups in total. The van der Waals surface area contributed by atoms with Crippen LogP contribution in [0.25, 0.3) is 5.69 Å². The molecular weight excluding hydrogens is 381 g/mol. The van der Waals surface area contributed by atoms with E-state index in [1.54, 1.807) is 0 Å². The Kier molecular flexibility index (Phi) is 4.82. The molecule has 0 atom stereocenters. The van der Waals surface area contributed by atoms with Crippen LogP contribution in [0.3, 0.4) is 0 Å². The van der Waals surface area contributed by atoms with Crippen LogP contribution in [0.4, 0.5) is 13.2 Å². The number of hydrogen-bond acceptors (Lipinski definition) is 5. The normalized spacial score (nSPS) is 11.4. The number of primary amides is 1. The average Bonchev–Trinajstić information content (AvgIpc) is 2.88. The van der Waals surface area contributed by atoms with Crippen molar-refractivity contribution in [3.8, 4) is 17.3 Å². The molecule has 2 heterocycles. The van der Waals surface area contributed by atoms with Gasteiger partial charge in [0.1, 0.15) is 5.75 Å². The first-order valence-electron chi connectivity index (χ1n) is 7.76. The number of carbonyl (C=O) groups is 1. The molecule has 0 aliphatic rings. The molecule has 3 rings (SSSR count). The zero-order chi connectivity index (χ0) is 20.5. The van der Waals surface area contributed by atoms with Crippen molar-refractivity contribution < 1.29 is 27.8 Å². The molecule has 0 saturated heterocycles. The molecule has 3 aromatic rings. The molecule has 0 fully saturated rings. The Morgan fingerprint density at radius 1 is 1.21 bits per heavy atom. The summed E-state index contributed by atoms with van der Waals surface area (Å²) >= 11 is 0. The summed E-state index contributed by atoms with van der Waals surface area (Å²) in [6.07, 6.45) is -1.03. The summed E-state index contributed by atoms with van der Waals surface area (Å²) in [6.45, 7) is -0.0740. The van der Waals surface area contributed by atoms with Gasteiger partial charge in [0.2, 0.25) is 5.88 Å². The number of ether oxygens (including phenoxy) is 1. The average molecular weight is 394 g/mol. The molecule has 1 amide bonds. The Hall–Kier alpha value is -3.76. The molecule has 8 nitrogen and oxygen atoms in total. The number of benzene rings is 1. The number of pyridine rings is 1. The maximum atomic E-state index is 12.6. The summed E-state index contributed by atoms with van der Waals surface area (Å²) in [7, 11) is 0. The topological polar surface area (TPSA) is 112 Å². The largest absolute Gasteiger partial charge is 0.573 e. The first kappa shape index (κ1) is 19.0. The van der Waals surface area contributed by atoms with Gasteiger partial charge in [-0.15, -0.1) is 13.2 Å². The Morgan fingerprint density at radius 2 is 1.89 bits per heavy atom. The smallest absolute Gasteiger partial charge is 0.493 e. The van der Waals surface area contributed by atoms with Crippen LogP contribution in [0.2, 0.25) is 0 Å². The van der Waals surface area contributed by atoms with Gasteiger partial charge in [0.25, 0.3) is 5.91 Å². The van der Waals surface area contributed by atoms with Gasteiger partial charge in [-0.3, -0.25) is 14.3 Å². The summed E-state index contributed by atoms with van der Waals surface area (Å²) < 4.78 is 42.5. The molecule has 0 saturated carbocycles. The number of amides is 1. The number of halogens is 3. The van der Waals surface area contributed by atoms with E-state index in [9.17, 15) is 27.9 Å². The van der Waals surface area contributed by atoms with E-state index in [1.807, 2.05) is 0 Å². The van der Waals surface area contributed by atoms with E-state index in [4.69, 9.17) is 5.73 Å². The summed E-state index contributed by atoms with van der Waals surface area (Å²) in [5.41, 5.74) is 5.26. The first-order valence-corrected chi connectivity index (χ1v) is 7.76. The minimum Gasteiger partial charge on any atom is -0.493 e. The highest BCUT2D eigenvalue weighted by Gasteiger charge is 2.31. The lowest BCUT2D eigenvalue weighted by Crippen LogP contribution is -2.25. The summed E-state index contributed by atoms with van der Waals surface area (Å²) in [5.74, 6) is -1.63.